The van der Waals surface area contributed by atoms with Crippen LogP contribution in [0.1, 0.15) is 26.5 Å². The standard InChI is InChI=1S/C22H24N4O3/c1-5-10-15(3)20(16(4)28-6-2)29-14-18-13-19(27)26-22(23-18)24-21(25-26)17-11-8-7-9-12-17/h5,7-13H,4,6,14H2,1-3H3,(H,23,24,25). The van der Waals surface area contributed by atoms with Crippen LogP contribution in [-0.4, -0.2) is 26.2 Å². The Hall–Kier alpha value is -3.61. The third-order valence-electron chi connectivity index (χ3n) is 4.14. The average Bonchev–Trinajstić information content (AvgIpc) is 3.14. The maximum Gasteiger partial charge on any atom is 0.274 e. The Morgan fingerprint density at radius 3 is 2.69 bits per heavy atom. The molecule has 0 aliphatic carbocycles. The van der Waals surface area contributed by atoms with Gasteiger partial charge in [0.1, 0.15) is 6.61 Å². The average molecular weight is 392 g/mol. The van der Waals surface area contributed by atoms with E-state index in [1.54, 1.807) is 0 Å². The van der Waals surface area contributed by atoms with Crippen molar-refractivity contribution in [3.05, 3.63) is 88.3 Å². The molecule has 3 aromatic rings. The number of aromatic amines is 1. The molecule has 0 radical (unpaired) electrons. The monoisotopic (exact) mass is 392 g/mol. The maximum atomic E-state index is 12.5. The van der Waals surface area contributed by atoms with Crippen LogP contribution in [-0.2, 0) is 16.1 Å². The summed E-state index contributed by atoms with van der Waals surface area (Å²) in [5.74, 6) is 1.82. The molecule has 2 heterocycles. The highest BCUT2D eigenvalue weighted by Gasteiger charge is 2.13. The van der Waals surface area contributed by atoms with Gasteiger partial charge in [-0.15, -0.1) is 0 Å². The SMILES string of the molecule is C=C(OCC)C(OCc1cc(=O)n2[nH]c(-c3ccccc3)nc2n1)=C(C)C=CC. The number of ether oxygens (including phenoxy) is 2. The van der Waals surface area contributed by atoms with E-state index in [0.717, 1.165) is 11.1 Å². The zero-order valence-corrected chi connectivity index (χ0v) is 16.8. The second kappa shape index (κ2) is 9.05. The Balaban J connectivity index is 1.89. The highest BCUT2D eigenvalue weighted by atomic mass is 16.5. The molecule has 3 rings (SSSR count). The van der Waals surface area contributed by atoms with E-state index in [9.17, 15) is 4.79 Å². The number of H-pyrrole nitrogens is 1. The smallest absolute Gasteiger partial charge is 0.274 e. The predicted molar refractivity (Wildman–Crippen MR) is 112 cm³/mol. The normalized spacial score (nSPS) is 12.2. The van der Waals surface area contributed by atoms with Gasteiger partial charge in [0.15, 0.2) is 17.3 Å². The van der Waals surface area contributed by atoms with Crippen LogP contribution in [0.4, 0.5) is 0 Å². The van der Waals surface area contributed by atoms with E-state index in [-0.39, 0.29) is 17.9 Å². The van der Waals surface area contributed by atoms with E-state index in [1.165, 1.54) is 10.6 Å². The van der Waals surface area contributed by atoms with Crippen LogP contribution in [0.3, 0.4) is 0 Å². The molecule has 0 unspecified atom stereocenters. The Labute approximate surface area is 169 Å². The van der Waals surface area contributed by atoms with Crippen molar-refractivity contribution in [3.63, 3.8) is 0 Å². The summed E-state index contributed by atoms with van der Waals surface area (Å²) in [7, 11) is 0. The van der Waals surface area contributed by atoms with E-state index >= 15 is 0 Å². The molecular formula is C22H24N4O3. The van der Waals surface area contributed by atoms with Crippen molar-refractivity contribution in [1.29, 1.82) is 0 Å². The van der Waals surface area contributed by atoms with Gasteiger partial charge in [0, 0.05) is 11.6 Å². The fourth-order valence-electron chi connectivity index (χ4n) is 2.85. The molecule has 0 saturated carbocycles. The summed E-state index contributed by atoms with van der Waals surface area (Å²) in [4.78, 5) is 21.4. The molecule has 0 saturated heterocycles. The number of hydrogen-bond donors (Lipinski definition) is 1. The molecule has 0 aliphatic heterocycles. The van der Waals surface area contributed by atoms with Gasteiger partial charge < -0.3 is 9.47 Å². The highest BCUT2D eigenvalue weighted by Crippen LogP contribution is 2.19. The van der Waals surface area contributed by atoms with E-state index in [2.05, 4.69) is 21.6 Å². The van der Waals surface area contributed by atoms with Gasteiger partial charge in [-0.3, -0.25) is 9.89 Å². The van der Waals surface area contributed by atoms with Crippen LogP contribution in [0, 0.1) is 0 Å². The number of allylic oxidation sites excluding steroid dienone is 3. The van der Waals surface area contributed by atoms with Crippen molar-refractivity contribution in [3.8, 4) is 11.4 Å². The molecule has 1 N–H and O–H groups in total. The van der Waals surface area contributed by atoms with E-state index in [4.69, 9.17) is 9.47 Å². The van der Waals surface area contributed by atoms with Crippen LogP contribution in [0.15, 0.2) is 77.0 Å². The van der Waals surface area contributed by atoms with Crippen molar-refractivity contribution in [2.75, 3.05) is 6.61 Å². The molecule has 7 nitrogen and oxygen atoms in total. The molecule has 150 valence electrons. The zero-order valence-electron chi connectivity index (χ0n) is 16.8. The van der Waals surface area contributed by atoms with Crippen LogP contribution in [0.2, 0.25) is 0 Å². The summed E-state index contributed by atoms with van der Waals surface area (Å²) in [5, 5.41) is 2.98. The number of fused-ring (bicyclic) bond motifs is 1. The summed E-state index contributed by atoms with van der Waals surface area (Å²) in [6.45, 7) is 10.2. The van der Waals surface area contributed by atoms with E-state index in [0.29, 0.717) is 29.6 Å². The molecule has 7 heteroatoms. The summed E-state index contributed by atoms with van der Waals surface area (Å²) in [6.07, 6.45) is 3.81. The van der Waals surface area contributed by atoms with Crippen molar-refractivity contribution in [2.45, 2.75) is 27.4 Å². The molecule has 29 heavy (non-hydrogen) atoms. The van der Waals surface area contributed by atoms with Gasteiger partial charge in [-0.05, 0) is 26.3 Å². The molecule has 0 aliphatic rings. The topological polar surface area (TPSA) is 81.5 Å². The number of hydrogen-bond acceptors (Lipinski definition) is 5. The minimum Gasteiger partial charge on any atom is -0.491 e. The highest BCUT2D eigenvalue weighted by molar-refractivity contribution is 5.56. The number of aromatic nitrogens is 4. The second-order valence-corrected chi connectivity index (χ2v) is 6.32. The van der Waals surface area contributed by atoms with E-state index < -0.39 is 0 Å². The lowest BCUT2D eigenvalue weighted by atomic mass is 10.2. The zero-order chi connectivity index (χ0) is 20.8. The van der Waals surface area contributed by atoms with Gasteiger partial charge in [0.25, 0.3) is 11.3 Å². The lowest BCUT2D eigenvalue weighted by Gasteiger charge is -2.15. The minimum atomic E-state index is -0.261. The van der Waals surface area contributed by atoms with Gasteiger partial charge in [0.2, 0.25) is 0 Å². The Kier molecular flexibility index (Phi) is 6.29. The first-order valence-electron chi connectivity index (χ1n) is 9.36. The molecular weight excluding hydrogens is 368 g/mol. The maximum absolute atomic E-state index is 12.5. The first kappa shape index (κ1) is 20.1. The first-order valence-corrected chi connectivity index (χ1v) is 9.36. The molecule has 0 fully saturated rings. The third-order valence-corrected chi connectivity index (χ3v) is 4.14. The summed E-state index contributed by atoms with van der Waals surface area (Å²) in [6, 6.07) is 11.0. The fourth-order valence-corrected chi connectivity index (χ4v) is 2.85. The summed E-state index contributed by atoms with van der Waals surface area (Å²) < 4.78 is 12.7. The predicted octanol–water partition coefficient (Wildman–Crippen LogP) is 4.00. The van der Waals surface area contributed by atoms with E-state index in [1.807, 2.05) is 63.3 Å². The fraction of sp³-hybridized carbons (Fsp3) is 0.227. The lowest BCUT2D eigenvalue weighted by molar-refractivity contribution is 0.146. The van der Waals surface area contributed by atoms with Crippen molar-refractivity contribution < 1.29 is 9.47 Å². The molecule has 0 amide bonds. The quantitative estimate of drug-likeness (QED) is 0.463. The van der Waals surface area contributed by atoms with Crippen LogP contribution in [0.5, 0.6) is 0 Å². The Morgan fingerprint density at radius 1 is 1.24 bits per heavy atom. The van der Waals surface area contributed by atoms with Gasteiger partial charge in [-0.2, -0.15) is 9.50 Å². The van der Waals surface area contributed by atoms with Crippen LogP contribution < -0.4 is 5.56 Å². The molecule has 2 aromatic heterocycles. The molecule has 0 spiro atoms. The lowest BCUT2D eigenvalue weighted by Crippen LogP contribution is -2.16. The molecule has 0 bridgehead atoms. The van der Waals surface area contributed by atoms with Crippen molar-refractivity contribution >= 4 is 5.78 Å². The number of benzene rings is 1. The summed E-state index contributed by atoms with van der Waals surface area (Å²) >= 11 is 0. The van der Waals surface area contributed by atoms with Gasteiger partial charge in [-0.1, -0.05) is 49.1 Å². The van der Waals surface area contributed by atoms with Gasteiger partial charge >= 0.3 is 0 Å². The van der Waals surface area contributed by atoms with Gasteiger partial charge in [0.05, 0.1) is 12.3 Å². The number of rotatable bonds is 8. The van der Waals surface area contributed by atoms with Crippen molar-refractivity contribution in [2.24, 2.45) is 0 Å². The minimum absolute atomic E-state index is 0.0928. The largest absolute Gasteiger partial charge is 0.491 e. The van der Waals surface area contributed by atoms with Crippen LogP contribution in [0.25, 0.3) is 17.2 Å². The number of nitrogens with one attached hydrogen (secondary N) is 1. The van der Waals surface area contributed by atoms with Crippen molar-refractivity contribution in [1.82, 2.24) is 19.6 Å². The third kappa shape index (κ3) is 4.63. The number of nitrogens with zero attached hydrogens (tertiary/aromatic N) is 3. The Morgan fingerprint density at radius 2 is 2.00 bits per heavy atom. The van der Waals surface area contributed by atoms with Gasteiger partial charge in [-0.25, -0.2) is 4.98 Å². The Bertz CT molecular complexity index is 1120. The van der Waals surface area contributed by atoms with Crippen LogP contribution >= 0.6 is 0 Å². The molecule has 1 aromatic carbocycles. The summed E-state index contributed by atoms with van der Waals surface area (Å²) in [5.41, 5.74) is 1.95. The molecule has 0 atom stereocenters. The second-order valence-electron chi connectivity index (χ2n) is 6.32. The first-order chi connectivity index (χ1) is 14.0.